The highest BCUT2D eigenvalue weighted by molar-refractivity contribution is 7.17. The van der Waals surface area contributed by atoms with Crippen LogP contribution in [0.4, 0.5) is 0 Å². The average molecular weight is 288 g/mol. The summed E-state index contributed by atoms with van der Waals surface area (Å²) in [6.07, 6.45) is 2.33. The topological polar surface area (TPSA) is 55.4 Å². The van der Waals surface area contributed by atoms with Crippen molar-refractivity contribution in [3.63, 3.8) is 0 Å². The second-order valence-corrected chi connectivity index (χ2v) is 6.02. The molecule has 0 spiro atoms. The number of thiophene rings is 1. The minimum atomic E-state index is -0.295. The second kappa shape index (κ2) is 5.71. The molecule has 0 aliphatic heterocycles. The fourth-order valence-electron chi connectivity index (χ4n) is 1.77. The van der Waals surface area contributed by atoms with Crippen molar-refractivity contribution in [2.45, 2.75) is 25.3 Å². The van der Waals surface area contributed by atoms with Gasteiger partial charge in [0.15, 0.2) is 0 Å². The summed E-state index contributed by atoms with van der Waals surface area (Å²) >= 11 is 7.02. The van der Waals surface area contributed by atoms with E-state index in [0.717, 1.165) is 12.8 Å². The Labute approximate surface area is 114 Å². The quantitative estimate of drug-likeness (QED) is 0.847. The molecule has 6 heteroatoms. The van der Waals surface area contributed by atoms with E-state index in [1.807, 2.05) is 0 Å². The van der Waals surface area contributed by atoms with Crippen molar-refractivity contribution < 1.29 is 14.3 Å². The summed E-state index contributed by atoms with van der Waals surface area (Å²) in [4.78, 5) is 23.8. The van der Waals surface area contributed by atoms with Gasteiger partial charge < -0.3 is 10.1 Å². The van der Waals surface area contributed by atoms with Crippen LogP contribution in [0.15, 0.2) is 12.1 Å². The Morgan fingerprint density at radius 3 is 2.78 bits per heavy atom. The number of halogens is 1. The first-order valence-electron chi connectivity index (χ1n) is 5.73. The third-order valence-corrected chi connectivity index (χ3v) is 4.15. The van der Waals surface area contributed by atoms with Crippen LogP contribution in [0, 0.1) is 5.92 Å². The van der Waals surface area contributed by atoms with Crippen LogP contribution in [0.5, 0.6) is 0 Å². The standard InChI is InChI=1S/C12H14ClNO3S/c1-17-11(15)6-8(7-2-3-7)14-12(16)9-4-5-10(13)18-9/h4-5,7-8H,2-3,6H2,1H3,(H,14,16). The minimum absolute atomic E-state index is 0.133. The normalized spacial score (nSPS) is 16.1. The van der Waals surface area contributed by atoms with E-state index >= 15 is 0 Å². The first-order chi connectivity index (χ1) is 8.60. The number of carbonyl (C=O) groups excluding carboxylic acids is 2. The Hall–Kier alpha value is -1.07. The lowest BCUT2D eigenvalue weighted by atomic mass is 10.1. The van der Waals surface area contributed by atoms with Crippen LogP contribution in [-0.2, 0) is 9.53 Å². The number of nitrogens with one attached hydrogen (secondary N) is 1. The Kier molecular flexibility index (Phi) is 4.24. The smallest absolute Gasteiger partial charge is 0.307 e. The van der Waals surface area contributed by atoms with Gasteiger partial charge in [-0.05, 0) is 30.9 Å². The van der Waals surface area contributed by atoms with Crippen molar-refractivity contribution in [1.82, 2.24) is 5.32 Å². The van der Waals surface area contributed by atoms with Gasteiger partial charge in [-0.25, -0.2) is 0 Å². The highest BCUT2D eigenvalue weighted by Gasteiger charge is 2.34. The van der Waals surface area contributed by atoms with Crippen molar-refractivity contribution in [3.8, 4) is 0 Å². The number of hydrogen-bond acceptors (Lipinski definition) is 4. The van der Waals surface area contributed by atoms with Crippen molar-refractivity contribution >= 4 is 34.8 Å². The molecule has 1 N–H and O–H groups in total. The molecule has 1 unspecified atom stereocenters. The average Bonchev–Trinajstić information content (AvgIpc) is 3.10. The Morgan fingerprint density at radius 1 is 1.56 bits per heavy atom. The van der Waals surface area contributed by atoms with Crippen LogP contribution in [0.2, 0.25) is 4.34 Å². The monoisotopic (exact) mass is 287 g/mol. The van der Waals surface area contributed by atoms with Gasteiger partial charge in [0.1, 0.15) is 0 Å². The molecule has 98 valence electrons. The predicted octanol–water partition coefficient (Wildman–Crippen LogP) is 2.47. The van der Waals surface area contributed by atoms with Crippen molar-refractivity contribution in [1.29, 1.82) is 0 Å². The summed E-state index contributed by atoms with van der Waals surface area (Å²) in [5, 5.41) is 2.89. The van der Waals surface area contributed by atoms with Gasteiger partial charge in [-0.2, -0.15) is 0 Å². The first kappa shape index (κ1) is 13.4. The molecule has 0 radical (unpaired) electrons. The fraction of sp³-hybridized carbons (Fsp3) is 0.500. The molecule has 1 amide bonds. The first-order valence-corrected chi connectivity index (χ1v) is 6.92. The zero-order valence-electron chi connectivity index (χ0n) is 9.94. The number of rotatable bonds is 5. The fourth-order valence-corrected chi connectivity index (χ4v) is 2.72. The van der Waals surface area contributed by atoms with Crippen molar-refractivity contribution in [3.05, 3.63) is 21.3 Å². The van der Waals surface area contributed by atoms with Gasteiger partial charge >= 0.3 is 5.97 Å². The largest absolute Gasteiger partial charge is 0.469 e. The predicted molar refractivity (Wildman–Crippen MR) is 69.9 cm³/mol. The van der Waals surface area contributed by atoms with Crippen molar-refractivity contribution in [2.75, 3.05) is 7.11 Å². The zero-order valence-corrected chi connectivity index (χ0v) is 11.5. The Morgan fingerprint density at radius 2 is 2.28 bits per heavy atom. The van der Waals surface area contributed by atoms with E-state index in [2.05, 4.69) is 10.1 Å². The SMILES string of the molecule is COC(=O)CC(NC(=O)c1ccc(Cl)s1)C1CC1. The van der Waals surface area contributed by atoms with Crippen LogP contribution in [0.25, 0.3) is 0 Å². The molecule has 4 nitrogen and oxygen atoms in total. The summed E-state index contributed by atoms with van der Waals surface area (Å²) < 4.78 is 5.22. The Balaban J connectivity index is 1.96. The molecule has 2 rings (SSSR count). The van der Waals surface area contributed by atoms with Gasteiger partial charge in [0.25, 0.3) is 5.91 Å². The maximum absolute atomic E-state index is 12.0. The van der Waals surface area contributed by atoms with Crippen LogP contribution in [0.3, 0.4) is 0 Å². The third-order valence-electron chi connectivity index (χ3n) is 2.92. The van der Waals surface area contributed by atoms with E-state index in [1.165, 1.54) is 18.4 Å². The van der Waals surface area contributed by atoms with E-state index in [9.17, 15) is 9.59 Å². The van der Waals surface area contributed by atoms with E-state index < -0.39 is 0 Å². The van der Waals surface area contributed by atoms with E-state index in [1.54, 1.807) is 12.1 Å². The van der Waals surface area contributed by atoms with Crippen LogP contribution in [0.1, 0.15) is 28.9 Å². The highest BCUT2D eigenvalue weighted by atomic mass is 35.5. The maximum Gasteiger partial charge on any atom is 0.307 e. The third kappa shape index (κ3) is 3.46. The number of amides is 1. The molecule has 18 heavy (non-hydrogen) atoms. The van der Waals surface area contributed by atoms with E-state index in [0.29, 0.717) is 15.1 Å². The van der Waals surface area contributed by atoms with Crippen molar-refractivity contribution in [2.24, 2.45) is 5.92 Å². The summed E-state index contributed by atoms with van der Waals surface area (Å²) in [5.41, 5.74) is 0. The number of hydrogen-bond donors (Lipinski definition) is 1. The number of esters is 1. The molecule has 1 heterocycles. The van der Waals surface area contributed by atoms with Crippen LogP contribution >= 0.6 is 22.9 Å². The lowest BCUT2D eigenvalue weighted by Crippen LogP contribution is -2.38. The van der Waals surface area contributed by atoms with Gasteiger partial charge in [-0.15, -0.1) is 11.3 Å². The summed E-state index contributed by atoms with van der Waals surface area (Å²) in [5.74, 6) is -0.0763. The second-order valence-electron chi connectivity index (χ2n) is 4.30. The molecule has 1 fully saturated rings. The molecule has 0 bridgehead atoms. The van der Waals surface area contributed by atoms with Gasteiger partial charge in [0.2, 0.25) is 0 Å². The summed E-state index contributed by atoms with van der Waals surface area (Å²) in [6, 6.07) is 3.24. The summed E-state index contributed by atoms with van der Waals surface area (Å²) in [6.45, 7) is 0. The van der Waals surface area contributed by atoms with Gasteiger partial charge in [-0.3, -0.25) is 9.59 Å². The lowest BCUT2D eigenvalue weighted by molar-refractivity contribution is -0.141. The molecule has 1 saturated carbocycles. The number of methoxy groups -OCH3 is 1. The van der Waals surface area contributed by atoms with Crippen LogP contribution in [-0.4, -0.2) is 25.0 Å². The highest BCUT2D eigenvalue weighted by Crippen LogP contribution is 2.34. The molecule has 0 saturated heterocycles. The van der Waals surface area contributed by atoms with Gasteiger partial charge in [0, 0.05) is 6.04 Å². The van der Waals surface area contributed by atoms with Crippen LogP contribution < -0.4 is 5.32 Å². The lowest BCUT2D eigenvalue weighted by Gasteiger charge is -2.16. The molecule has 1 aliphatic rings. The van der Waals surface area contributed by atoms with E-state index in [-0.39, 0.29) is 24.3 Å². The maximum atomic E-state index is 12.0. The molecule has 1 aromatic heterocycles. The molecular formula is C12H14ClNO3S. The number of ether oxygens (including phenoxy) is 1. The van der Waals surface area contributed by atoms with Gasteiger partial charge in [0.05, 0.1) is 22.7 Å². The molecule has 0 aromatic carbocycles. The summed E-state index contributed by atoms with van der Waals surface area (Å²) in [7, 11) is 1.35. The Bertz CT molecular complexity index is 456. The molecular weight excluding hydrogens is 274 g/mol. The number of carbonyl (C=O) groups is 2. The zero-order chi connectivity index (χ0) is 13.1. The molecule has 1 atom stereocenters. The van der Waals surface area contributed by atoms with Gasteiger partial charge in [-0.1, -0.05) is 11.6 Å². The molecule has 1 aromatic rings. The minimum Gasteiger partial charge on any atom is -0.469 e. The van der Waals surface area contributed by atoms with E-state index in [4.69, 9.17) is 11.6 Å². The molecule has 1 aliphatic carbocycles.